The van der Waals surface area contributed by atoms with Crippen LogP contribution in [0.4, 0.5) is 15.6 Å². The Morgan fingerprint density at radius 2 is 1.95 bits per heavy atom. The maximum atomic E-state index is 11.9. The quantitative estimate of drug-likeness (QED) is 0.760. The van der Waals surface area contributed by atoms with Gasteiger partial charge in [-0.3, -0.25) is 5.32 Å². The van der Waals surface area contributed by atoms with Crippen LogP contribution in [0.3, 0.4) is 0 Å². The molecule has 21 heavy (non-hydrogen) atoms. The molecule has 0 fully saturated rings. The first-order chi connectivity index (χ1) is 10.2. The van der Waals surface area contributed by atoms with E-state index >= 15 is 0 Å². The van der Waals surface area contributed by atoms with Crippen molar-refractivity contribution in [2.75, 3.05) is 10.6 Å². The summed E-state index contributed by atoms with van der Waals surface area (Å²) >= 11 is 2.94. The zero-order valence-electron chi connectivity index (χ0n) is 11.2. The third-order valence-corrected chi connectivity index (χ3v) is 4.65. The van der Waals surface area contributed by atoms with E-state index in [1.807, 2.05) is 48.7 Å². The maximum absolute atomic E-state index is 11.9. The Morgan fingerprint density at radius 3 is 2.71 bits per heavy atom. The van der Waals surface area contributed by atoms with E-state index in [1.165, 1.54) is 11.3 Å². The fourth-order valence-electron chi connectivity index (χ4n) is 1.74. The minimum absolute atomic E-state index is 0.321. The number of amides is 2. The van der Waals surface area contributed by atoms with Crippen LogP contribution >= 0.6 is 22.7 Å². The van der Waals surface area contributed by atoms with Crippen molar-refractivity contribution in [3.05, 3.63) is 47.3 Å². The van der Waals surface area contributed by atoms with Gasteiger partial charge in [0.2, 0.25) is 5.13 Å². The van der Waals surface area contributed by atoms with E-state index in [0.29, 0.717) is 5.13 Å². The van der Waals surface area contributed by atoms with Crippen molar-refractivity contribution >= 4 is 39.5 Å². The highest BCUT2D eigenvalue weighted by atomic mass is 32.1. The van der Waals surface area contributed by atoms with Gasteiger partial charge in [-0.25, -0.2) is 4.79 Å². The molecule has 5 nitrogen and oxygen atoms in total. The number of hydrogen-bond acceptors (Lipinski definition) is 5. The highest BCUT2D eigenvalue weighted by Gasteiger charge is 2.10. The molecule has 0 aliphatic heterocycles. The highest BCUT2D eigenvalue weighted by Crippen LogP contribution is 2.29. The summed E-state index contributed by atoms with van der Waals surface area (Å²) in [6.45, 7) is 1.94. The Labute approximate surface area is 129 Å². The minimum atomic E-state index is -0.321. The molecular weight excluding hydrogens is 304 g/mol. The molecule has 3 aromatic rings. The van der Waals surface area contributed by atoms with Gasteiger partial charge in [0.15, 0.2) is 5.01 Å². The lowest BCUT2D eigenvalue weighted by atomic mass is 10.2. The summed E-state index contributed by atoms with van der Waals surface area (Å²) in [4.78, 5) is 13.0. The number of rotatable bonds is 3. The number of carbonyl (C=O) groups excluding carboxylic acids is 1. The number of benzene rings is 1. The van der Waals surface area contributed by atoms with E-state index in [4.69, 9.17) is 0 Å². The average molecular weight is 316 g/mol. The van der Waals surface area contributed by atoms with Gasteiger partial charge >= 0.3 is 6.03 Å². The fourth-order valence-corrected chi connectivity index (χ4v) is 3.27. The first kappa shape index (κ1) is 13.7. The van der Waals surface area contributed by atoms with Crippen LogP contribution in [0.15, 0.2) is 41.8 Å². The lowest BCUT2D eigenvalue weighted by molar-refractivity contribution is 0.262. The normalized spacial score (nSPS) is 10.3. The van der Waals surface area contributed by atoms with E-state index < -0.39 is 0 Å². The van der Waals surface area contributed by atoms with Gasteiger partial charge in [-0.1, -0.05) is 35.6 Å². The van der Waals surface area contributed by atoms with Gasteiger partial charge < -0.3 is 5.32 Å². The van der Waals surface area contributed by atoms with Crippen LogP contribution in [0.25, 0.3) is 9.88 Å². The molecule has 7 heteroatoms. The maximum Gasteiger partial charge on any atom is 0.325 e. The predicted molar refractivity (Wildman–Crippen MR) is 87.0 cm³/mol. The summed E-state index contributed by atoms with van der Waals surface area (Å²) in [5.74, 6) is 0. The monoisotopic (exact) mass is 316 g/mol. The number of anilines is 2. The van der Waals surface area contributed by atoms with Gasteiger partial charge in [0, 0.05) is 5.69 Å². The molecule has 0 spiro atoms. The van der Waals surface area contributed by atoms with E-state index in [0.717, 1.165) is 21.1 Å². The molecule has 1 aromatic carbocycles. The van der Waals surface area contributed by atoms with Gasteiger partial charge in [-0.2, -0.15) is 0 Å². The molecule has 106 valence electrons. The summed E-state index contributed by atoms with van der Waals surface area (Å²) in [6, 6.07) is 11.2. The minimum Gasteiger partial charge on any atom is -0.307 e. The second-order valence-electron chi connectivity index (χ2n) is 4.28. The fraction of sp³-hybridized carbons (Fsp3) is 0.0714. The summed E-state index contributed by atoms with van der Waals surface area (Å²) < 4.78 is 0. The summed E-state index contributed by atoms with van der Waals surface area (Å²) in [6.07, 6.45) is 0. The van der Waals surface area contributed by atoms with Gasteiger partial charge in [0.05, 0.1) is 4.88 Å². The molecule has 0 bridgehead atoms. The molecule has 3 rings (SSSR count). The van der Waals surface area contributed by atoms with Crippen molar-refractivity contribution in [3.63, 3.8) is 0 Å². The second-order valence-corrected chi connectivity index (χ2v) is 6.21. The molecule has 0 atom stereocenters. The summed E-state index contributed by atoms with van der Waals surface area (Å²) in [7, 11) is 0. The molecule has 2 amide bonds. The Balaban J connectivity index is 1.67. The Bertz CT molecular complexity index is 752. The van der Waals surface area contributed by atoms with Crippen LogP contribution in [0, 0.1) is 6.92 Å². The topological polar surface area (TPSA) is 66.9 Å². The molecule has 0 aliphatic carbocycles. The first-order valence-electron chi connectivity index (χ1n) is 6.23. The number of aryl methyl sites for hydroxylation is 1. The Morgan fingerprint density at radius 1 is 1.10 bits per heavy atom. The third kappa shape index (κ3) is 3.26. The second kappa shape index (κ2) is 6.02. The van der Waals surface area contributed by atoms with Crippen LogP contribution < -0.4 is 10.6 Å². The molecule has 0 radical (unpaired) electrons. The zero-order valence-corrected chi connectivity index (χ0v) is 12.8. The highest BCUT2D eigenvalue weighted by molar-refractivity contribution is 7.23. The number of thiophene rings is 1. The SMILES string of the molecule is Cc1ccccc1NC(=O)Nc1nnc(-c2cccs2)s1. The first-order valence-corrected chi connectivity index (χ1v) is 7.93. The standard InChI is InChI=1S/C14H12N4OS2/c1-9-5-2-3-6-10(9)15-13(19)16-14-18-17-12(21-14)11-7-4-8-20-11/h2-8H,1H3,(H2,15,16,18,19). The number of urea groups is 1. The van der Waals surface area contributed by atoms with E-state index in [2.05, 4.69) is 20.8 Å². The number of nitrogens with one attached hydrogen (secondary N) is 2. The molecule has 0 saturated carbocycles. The Hall–Kier alpha value is -2.25. The molecule has 2 aromatic heterocycles. The van der Waals surface area contributed by atoms with Crippen molar-refractivity contribution in [3.8, 4) is 9.88 Å². The van der Waals surface area contributed by atoms with Crippen molar-refractivity contribution in [1.82, 2.24) is 10.2 Å². The predicted octanol–water partition coefficient (Wildman–Crippen LogP) is 4.22. The molecule has 2 heterocycles. The van der Waals surface area contributed by atoms with Gasteiger partial charge in [-0.05, 0) is 30.0 Å². The number of aromatic nitrogens is 2. The number of carbonyl (C=O) groups is 1. The number of para-hydroxylation sites is 1. The Kier molecular flexibility index (Phi) is 3.94. The zero-order chi connectivity index (χ0) is 14.7. The van der Waals surface area contributed by atoms with Crippen LogP contribution in [-0.4, -0.2) is 16.2 Å². The molecule has 0 unspecified atom stereocenters. The lowest BCUT2D eigenvalue weighted by Gasteiger charge is -2.07. The lowest BCUT2D eigenvalue weighted by Crippen LogP contribution is -2.19. The number of hydrogen-bond donors (Lipinski definition) is 2. The largest absolute Gasteiger partial charge is 0.325 e. The van der Waals surface area contributed by atoms with Crippen molar-refractivity contribution in [2.45, 2.75) is 6.92 Å². The van der Waals surface area contributed by atoms with Crippen LogP contribution in [0.2, 0.25) is 0 Å². The smallest absolute Gasteiger partial charge is 0.307 e. The van der Waals surface area contributed by atoms with Gasteiger partial charge in [-0.15, -0.1) is 21.5 Å². The van der Waals surface area contributed by atoms with Gasteiger partial charge in [0.1, 0.15) is 0 Å². The van der Waals surface area contributed by atoms with E-state index in [-0.39, 0.29) is 6.03 Å². The van der Waals surface area contributed by atoms with Crippen molar-refractivity contribution < 1.29 is 4.79 Å². The molecule has 2 N–H and O–H groups in total. The molecule has 0 saturated heterocycles. The summed E-state index contributed by atoms with van der Waals surface area (Å²) in [5, 5.41) is 16.8. The van der Waals surface area contributed by atoms with Gasteiger partial charge in [0.25, 0.3) is 0 Å². The third-order valence-electron chi connectivity index (χ3n) is 2.77. The van der Waals surface area contributed by atoms with Crippen LogP contribution in [-0.2, 0) is 0 Å². The van der Waals surface area contributed by atoms with E-state index in [1.54, 1.807) is 11.3 Å². The van der Waals surface area contributed by atoms with E-state index in [9.17, 15) is 4.79 Å². The van der Waals surface area contributed by atoms with Crippen LogP contribution in [0.1, 0.15) is 5.56 Å². The average Bonchev–Trinajstić information content (AvgIpc) is 3.12. The van der Waals surface area contributed by atoms with Crippen molar-refractivity contribution in [1.29, 1.82) is 0 Å². The van der Waals surface area contributed by atoms with Crippen LogP contribution in [0.5, 0.6) is 0 Å². The molecule has 0 aliphatic rings. The molecular formula is C14H12N4OS2. The number of nitrogens with zero attached hydrogens (tertiary/aromatic N) is 2. The van der Waals surface area contributed by atoms with Crippen molar-refractivity contribution in [2.24, 2.45) is 0 Å². The summed E-state index contributed by atoms with van der Waals surface area (Å²) in [5.41, 5.74) is 1.78.